The maximum atomic E-state index is 5.38. The summed E-state index contributed by atoms with van der Waals surface area (Å²) in [4.78, 5) is 4.21. The first-order chi connectivity index (χ1) is 10.3. The molecule has 0 aliphatic heterocycles. The second-order valence-corrected chi connectivity index (χ2v) is 5.68. The summed E-state index contributed by atoms with van der Waals surface area (Å²) in [6.07, 6.45) is 7.32. The number of ether oxygens (including phenoxy) is 1. The number of methoxy groups -OCH3 is 1. The Kier molecular flexibility index (Phi) is 4.20. The molecule has 1 aromatic carbocycles. The van der Waals surface area contributed by atoms with Gasteiger partial charge in [-0.2, -0.15) is 0 Å². The van der Waals surface area contributed by atoms with E-state index in [9.17, 15) is 0 Å². The summed E-state index contributed by atoms with van der Waals surface area (Å²) < 4.78 is 5.38. The van der Waals surface area contributed by atoms with E-state index in [-0.39, 0.29) is 0 Å². The smallest absolute Gasteiger partial charge is 0.119 e. The van der Waals surface area contributed by atoms with Crippen molar-refractivity contribution in [2.24, 2.45) is 0 Å². The summed E-state index contributed by atoms with van der Waals surface area (Å²) in [5.41, 5.74) is 4.06. The molecule has 21 heavy (non-hydrogen) atoms. The largest absolute Gasteiger partial charge is 0.497 e. The molecule has 0 saturated carbocycles. The summed E-state index contributed by atoms with van der Waals surface area (Å²) in [5.74, 6) is 0.941. The van der Waals surface area contributed by atoms with Crippen LogP contribution < -0.4 is 10.1 Å². The molecule has 1 aliphatic rings. The molecule has 1 aromatic heterocycles. The summed E-state index contributed by atoms with van der Waals surface area (Å²) >= 11 is 0. The molecular formula is C18H22N2O. The summed E-state index contributed by atoms with van der Waals surface area (Å²) in [7, 11) is 1.73. The number of hydrogen-bond acceptors (Lipinski definition) is 3. The highest BCUT2D eigenvalue weighted by molar-refractivity contribution is 5.39. The Balaban J connectivity index is 1.81. The number of rotatable bonds is 4. The number of pyridine rings is 1. The molecule has 3 heteroatoms. The van der Waals surface area contributed by atoms with Crippen LogP contribution in [0.5, 0.6) is 5.75 Å². The van der Waals surface area contributed by atoms with Crippen molar-refractivity contribution in [2.45, 2.75) is 38.3 Å². The van der Waals surface area contributed by atoms with Crippen LogP contribution in [-0.2, 0) is 6.42 Å². The van der Waals surface area contributed by atoms with Crippen molar-refractivity contribution >= 4 is 0 Å². The lowest BCUT2D eigenvalue weighted by Crippen LogP contribution is -2.27. The molecule has 0 radical (unpaired) electrons. The molecule has 0 spiro atoms. The zero-order valence-electron chi connectivity index (χ0n) is 12.7. The quantitative estimate of drug-likeness (QED) is 0.925. The van der Waals surface area contributed by atoms with Crippen LogP contribution in [0.25, 0.3) is 0 Å². The lowest BCUT2D eigenvalue weighted by atomic mass is 9.87. The Labute approximate surface area is 126 Å². The van der Waals surface area contributed by atoms with Gasteiger partial charge in [-0.1, -0.05) is 12.1 Å². The zero-order chi connectivity index (χ0) is 14.7. The molecule has 0 fully saturated rings. The fraction of sp³-hybridized carbons (Fsp3) is 0.389. The maximum Gasteiger partial charge on any atom is 0.119 e. The van der Waals surface area contributed by atoms with Crippen LogP contribution in [0.2, 0.25) is 0 Å². The van der Waals surface area contributed by atoms with Gasteiger partial charge in [0.25, 0.3) is 0 Å². The van der Waals surface area contributed by atoms with Gasteiger partial charge in [0.2, 0.25) is 0 Å². The highest BCUT2D eigenvalue weighted by Crippen LogP contribution is 2.33. The normalized spacial score (nSPS) is 18.9. The average molecular weight is 282 g/mol. The molecule has 1 heterocycles. The summed E-state index contributed by atoms with van der Waals surface area (Å²) in [6, 6.07) is 11.2. The van der Waals surface area contributed by atoms with Gasteiger partial charge in [-0.15, -0.1) is 0 Å². The van der Waals surface area contributed by atoms with E-state index in [1.54, 1.807) is 7.11 Å². The topological polar surface area (TPSA) is 34.1 Å². The Morgan fingerprint density at radius 1 is 1.33 bits per heavy atom. The first-order valence-corrected chi connectivity index (χ1v) is 7.60. The number of nitrogens with zero attached hydrogens (tertiary/aromatic N) is 1. The number of nitrogens with one attached hydrogen (secondary N) is 1. The van der Waals surface area contributed by atoms with E-state index in [4.69, 9.17) is 4.74 Å². The third-order valence-corrected chi connectivity index (χ3v) is 4.30. The van der Waals surface area contributed by atoms with Gasteiger partial charge in [0.1, 0.15) is 5.75 Å². The van der Waals surface area contributed by atoms with Crippen LogP contribution in [0, 0.1) is 0 Å². The maximum absolute atomic E-state index is 5.38. The molecule has 3 rings (SSSR count). The predicted molar refractivity (Wildman–Crippen MR) is 84.5 cm³/mol. The van der Waals surface area contributed by atoms with Crippen molar-refractivity contribution in [1.29, 1.82) is 0 Å². The van der Waals surface area contributed by atoms with Gasteiger partial charge >= 0.3 is 0 Å². The minimum absolute atomic E-state index is 0.292. The van der Waals surface area contributed by atoms with E-state index < -0.39 is 0 Å². The molecule has 2 aromatic rings. The van der Waals surface area contributed by atoms with Crippen LogP contribution in [0.1, 0.15) is 48.5 Å². The monoisotopic (exact) mass is 282 g/mol. The minimum Gasteiger partial charge on any atom is -0.497 e. The van der Waals surface area contributed by atoms with Gasteiger partial charge in [0.15, 0.2) is 0 Å². The molecule has 110 valence electrons. The SMILES string of the molecule is COc1ccc2c(c1)C(N[C@H](C)c1cccnc1)CCC2. The molecule has 1 unspecified atom stereocenters. The van der Waals surface area contributed by atoms with Crippen molar-refractivity contribution in [3.63, 3.8) is 0 Å². The van der Waals surface area contributed by atoms with Gasteiger partial charge in [-0.25, -0.2) is 0 Å². The van der Waals surface area contributed by atoms with E-state index in [0.29, 0.717) is 12.1 Å². The molecular weight excluding hydrogens is 260 g/mol. The van der Waals surface area contributed by atoms with Crippen LogP contribution >= 0.6 is 0 Å². The van der Waals surface area contributed by atoms with Gasteiger partial charge in [0, 0.05) is 24.5 Å². The molecule has 1 aliphatic carbocycles. The van der Waals surface area contributed by atoms with Crippen molar-refractivity contribution < 1.29 is 4.74 Å². The lowest BCUT2D eigenvalue weighted by molar-refractivity contribution is 0.399. The zero-order valence-corrected chi connectivity index (χ0v) is 12.7. The van der Waals surface area contributed by atoms with E-state index in [1.807, 2.05) is 18.5 Å². The highest BCUT2D eigenvalue weighted by Gasteiger charge is 2.22. The molecule has 0 amide bonds. The molecule has 0 bridgehead atoms. The Morgan fingerprint density at radius 2 is 2.24 bits per heavy atom. The summed E-state index contributed by atoms with van der Waals surface area (Å²) in [6.45, 7) is 2.20. The molecule has 3 nitrogen and oxygen atoms in total. The third kappa shape index (κ3) is 3.08. The number of fused-ring (bicyclic) bond motifs is 1. The van der Waals surface area contributed by atoms with Crippen molar-refractivity contribution in [2.75, 3.05) is 7.11 Å². The predicted octanol–water partition coefficient (Wildman–Crippen LogP) is 3.82. The minimum atomic E-state index is 0.292. The Hall–Kier alpha value is -1.87. The fourth-order valence-corrected chi connectivity index (χ4v) is 3.11. The number of benzene rings is 1. The average Bonchev–Trinajstić information content (AvgIpc) is 2.55. The van der Waals surface area contributed by atoms with E-state index in [1.165, 1.54) is 36.0 Å². The second-order valence-electron chi connectivity index (χ2n) is 5.68. The van der Waals surface area contributed by atoms with E-state index in [0.717, 1.165) is 5.75 Å². The van der Waals surface area contributed by atoms with Crippen molar-refractivity contribution in [1.82, 2.24) is 10.3 Å². The highest BCUT2D eigenvalue weighted by atomic mass is 16.5. The Bertz CT molecular complexity index is 597. The van der Waals surface area contributed by atoms with Crippen LogP contribution in [0.4, 0.5) is 0 Å². The van der Waals surface area contributed by atoms with Crippen molar-refractivity contribution in [3.05, 3.63) is 59.4 Å². The molecule has 0 saturated heterocycles. The fourth-order valence-electron chi connectivity index (χ4n) is 3.11. The van der Waals surface area contributed by atoms with Crippen LogP contribution in [-0.4, -0.2) is 12.1 Å². The standard InChI is InChI=1S/C18H22N2O/c1-13(15-6-4-10-19-12-15)20-18-7-3-5-14-8-9-16(21-2)11-17(14)18/h4,6,8-13,18,20H,3,5,7H2,1-2H3/t13-,18?/m1/s1. The molecule has 1 N–H and O–H groups in total. The van der Waals surface area contributed by atoms with Crippen molar-refractivity contribution in [3.8, 4) is 5.75 Å². The Morgan fingerprint density at radius 3 is 3.00 bits per heavy atom. The number of aromatic nitrogens is 1. The number of aryl methyl sites for hydroxylation is 1. The van der Waals surface area contributed by atoms with Crippen LogP contribution in [0.3, 0.4) is 0 Å². The first kappa shape index (κ1) is 14.1. The summed E-state index contributed by atoms with van der Waals surface area (Å²) in [5, 5.41) is 3.75. The van der Waals surface area contributed by atoms with Gasteiger partial charge < -0.3 is 10.1 Å². The second kappa shape index (κ2) is 6.27. The van der Waals surface area contributed by atoms with E-state index in [2.05, 4.69) is 41.5 Å². The van der Waals surface area contributed by atoms with Gasteiger partial charge in [0.05, 0.1) is 7.11 Å². The third-order valence-electron chi connectivity index (χ3n) is 4.30. The van der Waals surface area contributed by atoms with Gasteiger partial charge in [-0.3, -0.25) is 4.98 Å². The van der Waals surface area contributed by atoms with E-state index >= 15 is 0 Å². The van der Waals surface area contributed by atoms with Gasteiger partial charge in [-0.05, 0) is 61.1 Å². The first-order valence-electron chi connectivity index (χ1n) is 7.60. The molecule has 2 atom stereocenters. The van der Waals surface area contributed by atoms with Crippen LogP contribution in [0.15, 0.2) is 42.7 Å². The lowest BCUT2D eigenvalue weighted by Gasteiger charge is -2.29. The number of hydrogen-bond donors (Lipinski definition) is 1.